The van der Waals surface area contributed by atoms with Crippen LogP contribution < -0.4 is 0 Å². The minimum absolute atomic E-state index is 0. The van der Waals surface area contributed by atoms with Crippen molar-refractivity contribution in [1.29, 1.82) is 0 Å². The Kier molecular flexibility index (Phi) is 79.4. The first-order valence-electron chi connectivity index (χ1n) is 22.0. The molecule has 315 valence electrons. The van der Waals surface area contributed by atoms with Crippen molar-refractivity contribution in [3.8, 4) is 0 Å². The van der Waals surface area contributed by atoms with E-state index in [1.165, 1.54) is 218 Å². The van der Waals surface area contributed by atoms with Crippen LogP contribution in [0.15, 0.2) is 0 Å². The van der Waals surface area contributed by atoms with Crippen LogP contribution in [0.5, 0.6) is 0 Å². The molecular formula is C44H95AgAlCaO4Sn. The number of hydrogen-bond donors (Lipinski definition) is 2. The van der Waals surface area contributed by atoms with E-state index in [-0.39, 0.29) is 101 Å². The number of carboxylic acid groups (broad SMARTS) is 2. The van der Waals surface area contributed by atoms with Gasteiger partial charge in [0.25, 0.3) is 0 Å². The Morgan fingerprint density at radius 2 is 0.423 bits per heavy atom. The second-order valence-corrected chi connectivity index (χ2v) is 15.0. The molecule has 0 aliphatic carbocycles. The van der Waals surface area contributed by atoms with Gasteiger partial charge in [-0.1, -0.05) is 245 Å². The van der Waals surface area contributed by atoms with Gasteiger partial charge in [0.2, 0.25) is 0 Å². The van der Waals surface area contributed by atoms with Crippen LogP contribution in [0.2, 0.25) is 0 Å². The van der Waals surface area contributed by atoms with E-state index in [4.69, 9.17) is 10.2 Å². The van der Waals surface area contributed by atoms with Gasteiger partial charge in [0.15, 0.2) is 17.4 Å². The Hall–Kier alpha value is 2.27. The van der Waals surface area contributed by atoms with Crippen LogP contribution in [0.25, 0.3) is 0 Å². The molecule has 0 aromatic rings. The van der Waals surface area contributed by atoms with Gasteiger partial charge in [-0.2, -0.15) is 0 Å². The fourth-order valence-electron chi connectivity index (χ4n) is 6.71. The van der Waals surface area contributed by atoms with Crippen LogP contribution in [0.3, 0.4) is 0 Å². The molecule has 0 unspecified atom stereocenters. The standard InChI is InChI=1S/2C22H44O2.Ag.Al.Ca.Sn.7H/c2*1-2-3-4-5-6-7-8-9-10-11-12-13-14-15-16-17-18-19-20-21-22(23)24;;;;;;;;;;;/h2*2-21H2,1H3,(H,23,24);;;;;;;;;;;. The molecule has 0 aromatic carbocycles. The van der Waals surface area contributed by atoms with Gasteiger partial charge in [-0.05, 0) is 12.8 Å². The maximum atomic E-state index is 10.4. The summed E-state index contributed by atoms with van der Waals surface area (Å²) in [5.41, 5.74) is 0. The summed E-state index contributed by atoms with van der Waals surface area (Å²) in [5.74, 6) is -1.30. The fourth-order valence-corrected chi connectivity index (χ4v) is 6.71. The molecule has 0 atom stereocenters. The SMILES string of the molecule is CCCCCCCCCCCCCCCCCCCCCC(=O)O.CCCCCCCCCCCCCCCCCCCCCC(=O)O.[Ag].[AlH3].[CaH2].[SnH2]. The number of carboxylic acids is 2. The maximum absolute atomic E-state index is 10.4. The van der Waals surface area contributed by atoms with Crippen LogP contribution in [0, 0.1) is 0 Å². The van der Waals surface area contributed by atoms with Crippen molar-refractivity contribution in [3.05, 3.63) is 0 Å². The van der Waals surface area contributed by atoms with E-state index in [1.807, 2.05) is 0 Å². The summed E-state index contributed by atoms with van der Waals surface area (Å²) in [5, 5.41) is 17.1. The molecule has 0 spiro atoms. The van der Waals surface area contributed by atoms with E-state index in [9.17, 15) is 9.59 Å². The molecule has 2 N–H and O–H groups in total. The Labute approximate surface area is 399 Å². The van der Waals surface area contributed by atoms with E-state index < -0.39 is 11.9 Å². The van der Waals surface area contributed by atoms with Crippen molar-refractivity contribution in [2.24, 2.45) is 0 Å². The topological polar surface area (TPSA) is 74.6 Å². The monoisotopic (exact) mass is 981 g/mol. The second-order valence-electron chi connectivity index (χ2n) is 15.0. The molecule has 0 saturated heterocycles. The van der Waals surface area contributed by atoms with Crippen molar-refractivity contribution in [2.75, 3.05) is 0 Å². The molecule has 0 aliphatic heterocycles. The Morgan fingerprint density at radius 1 is 0.308 bits per heavy atom. The zero-order chi connectivity index (χ0) is 35.4. The summed E-state index contributed by atoms with van der Waals surface area (Å²) in [6.07, 6.45) is 52.2. The molecule has 52 heavy (non-hydrogen) atoms. The Balaban J connectivity index is -0.000000189. The quantitative estimate of drug-likeness (QED) is 0.0474. The molecule has 0 aliphatic rings. The molecular weight excluding hydrogens is 886 g/mol. The van der Waals surface area contributed by atoms with Gasteiger partial charge in [-0.3, -0.25) is 9.59 Å². The zero-order valence-corrected chi connectivity index (χ0v) is 39.5. The number of rotatable bonds is 40. The third-order valence-corrected chi connectivity index (χ3v) is 9.99. The van der Waals surface area contributed by atoms with Gasteiger partial charge in [-0.15, -0.1) is 0 Å². The van der Waals surface area contributed by atoms with Gasteiger partial charge in [0.1, 0.15) is 0 Å². The van der Waals surface area contributed by atoms with Crippen molar-refractivity contribution >= 4 is 90.9 Å². The Morgan fingerprint density at radius 3 is 0.538 bits per heavy atom. The van der Waals surface area contributed by atoms with Gasteiger partial charge in [0, 0.05) is 35.2 Å². The molecule has 3 radical (unpaired) electrons. The van der Waals surface area contributed by atoms with Gasteiger partial charge >= 0.3 is 73.6 Å². The minimum atomic E-state index is -0.651. The van der Waals surface area contributed by atoms with Crippen molar-refractivity contribution in [1.82, 2.24) is 0 Å². The number of hydrogen-bond acceptors (Lipinski definition) is 2. The van der Waals surface area contributed by atoms with E-state index >= 15 is 0 Å². The van der Waals surface area contributed by atoms with Crippen molar-refractivity contribution in [3.63, 3.8) is 0 Å². The summed E-state index contributed by atoms with van der Waals surface area (Å²) >= 11 is 0. The van der Waals surface area contributed by atoms with E-state index in [2.05, 4.69) is 13.8 Å². The molecule has 0 rings (SSSR count). The van der Waals surface area contributed by atoms with Crippen LogP contribution in [-0.2, 0) is 32.0 Å². The molecule has 0 fully saturated rings. The fraction of sp³-hybridized carbons (Fsp3) is 0.955. The van der Waals surface area contributed by atoms with E-state index in [0.717, 1.165) is 25.7 Å². The summed E-state index contributed by atoms with van der Waals surface area (Å²) < 4.78 is 0. The second kappa shape index (κ2) is 62.5. The average Bonchev–Trinajstić information content (AvgIpc) is 3.07. The molecule has 8 heteroatoms. The third kappa shape index (κ3) is 70.1. The molecule has 0 bridgehead atoms. The Bertz CT molecular complexity index is 581. The van der Waals surface area contributed by atoms with Crippen LogP contribution in [-0.4, -0.2) is 101 Å². The molecule has 0 amide bonds. The molecule has 0 aromatic heterocycles. The average molecular weight is 982 g/mol. The molecule has 4 nitrogen and oxygen atoms in total. The first kappa shape index (κ1) is 66.1. The predicted octanol–water partition coefficient (Wildman–Crippen LogP) is 12.8. The first-order chi connectivity index (χ1) is 23.5. The van der Waals surface area contributed by atoms with Crippen LogP contribution in [0.1, 0.15) is 271 Å². The number of aliphatic carboxylic acids is 2. The predicted molar refractivity (Wildman–Crippen MR) is 238 cm³/mol. The van der Waals surface area contributed by atoms with Crippen LogP contribution in [0.4, 0.5) is 0 Å². The summed E-state index contributed by atoms with van der Waals surface area (Å²) in [7, 11) is 0. The zero-order valence-electron chi connectivity index (χ0n) is 34.0. The molecule has 0 saturated carbocycles. The van der Waals surface area contributed by atoms with Crippen LogP contribution >= 0.6 is 0 Å². The normalized spacial score (nSPS) is 10.2. The van der Waals surface area contributed by atoms with E-state index in [1.54, 1.807) is 0 Å². The van der Waals surface area contributed by atoms with Crippen molar-refractivity contribution in [2.45, 2.75) is 271 Å². The summed E-state index contributed by atoms with van der Waals surface area (Å²) in [6, 6.07) is 0. The molecule has 0 heterocycles. The number of unbranched alkanes of at least 4 members (excludes halogenated alkanes) is 36. The first-order valence-corrected chi connectivity index (χ1v) is 22.0. The summed E-state index contributed by atoms with van der Waals surface area (Å²) in [4.78, 5) is 20.8. The number of carbonyl (C=O) groups is 2. The van der Waals surface area contributed by atoms with Gasteiger partial charge in [0.05, 0.1) is 0 Å². The summed E-state index contributed by atoms with van der Waals surface area (Å²) in [6.45, 7) is 4.57. The van der Waals surface area contributed by atoms with Gasteiger partial charge in [-0.25, -0.2) is 0 Å². The van der Waals surface area contributed by atoms with Crippen molar-refractivity contribution < 1.29 is 42.2 Å². The van der Waals surface area contributed by atoms with Gasteiger partial charge < -0.3 is 10.2 Å². The third-order valence-electron chi connectivity index (χ3n) is 9.99. The van der Waals surface area contributed by atoms with E-state index in [0.29, 0.717) is 12.8 Å².